The van der Waals surface area contributed by atoms with E-state index >= 15 is 0 Å². The van der Waals surface area contributed by atoms with E-state index in [0.717, 1.165) is 5.56 Å². The smallest absolute Gasteiger partial charge is 0.330 e. The monoisotopic (exact) mass is 294 g/mol. The molecule has 0 aliphatic rings. The van der Waals surface area contributed by atoms with E-state index in [1.807, 2.05) is 19.9 Å². The molecular weight excluding hydrogens is 280 g/mol. The van der Waals surface area contributed by atoms with E-state index < -0.39 is 0 Å². The summed E-state index contributed by atoms with van der Waals surface area (Å²) in [7, 11) is 1.49. The highest BCUT2D eigenvalue weighted by Crippen LogP contribution is 2.25. The number of nitrogens with one attached hydrogen (secondary N) is 1. The van der Waals surface area contributed by atoms with E-state index in [1.165, 1.54) is 7.11 Å². The van der Waals surface area contributed by atoms with E-state index in [4.69, 9.17) is 21.1 Å². The maximum atomic E-state index is 5.97. The summed E-state index contributed by atoms with van der Waals surface area (Å²) in [5.41, 5.74) is 0.914. The molecule has 0 saturated heterocycles. The minimum atomic E-state index is 0.162. The van der Waals surface area contributed by atoms with Crippen LogP contribution in [0.25, 0.3) is 0 Å². The fourth-order valence-electron chi connectivity index (χ4n) is 1.50. The van der Waals surface area contributed by atoms with Gasteiger partial charge in [0.1, 0.15) is 5.75 Å². The lowest BCUT2D eigenvalue weighted by molar-refractivity contribution is 0.360. The number of benzene rings is 1. The second kappa shape index (κ2) is 6.38. The zero-order valence-corrected chi connectivity index (χ0v) is 12.2. The van der Waals surface area contributed by atoms with E-state index in [-0.39, 0.29) is 12.0 Å². The van der Waals surface area contributed by atoms with Gasteiger partial charge in [-0.2, -0.15) is 9.97 Å². The Morgan fingerprint density at radius 1 is 1.20 bits per heavy atom. The standard InChI is InChI=1S/C13H15ClN4O2/c1-4-15-11-16-12(19-3)18-13(17-11)20-9-5-6-10(14)8(2)7-9/h5-7H,4H2,1-3H3,(H,15,16,17,18). The van der Waals surface area contributed by atoms with E-state index in [1.54, 1.807) is 12.1 Å². The molecule has 2 aromatic rings. The van der Waals surface area contributed by atoms with Crippen LogP contribution in [0.2, 0.25) is 5.02 Å². The summed E-state index contributed by atoms with van der Waals surface area (Å²) in [5.74, 6) is 1.00. The molecule has 2 rings (SSSR count). The molecule has 1 aromatic carbocycles. The van der Waals surface area contributed by atoms with Crippen LogP contribution in [0.4, 0.5) is 5.95 Å². The molecule has 0 saturated carbocycles. The van der Waals surface area contributed by atoms with Crippen molar-refractivity contribution in [2.45, 2.75) is 13.8 Å². The fraction of sp³-hybridized carbons (Fsp3) is 0.308. The van der Waals surface area contributed by atoms with E-state index in [2.05, 4.69) is 20.3 Å². The zero-order valence-electron chi connectivity index (χ0n) is 11.5. The number of nitrogens with zero attached hydrogens (tertiary/aromatic N) is 3. The van der Waals surface area contributed by atoms with Gasteiger partial charge in [0.15, 0.2) is 0 Å². The van der Waals surface area contributed by atoms with Gasteiger partial charge in [0.05, 0.1) is 7.11 Å². The highest BCUT2D eigenvalue weighted by molar-refractivity contribution is 6.31. The fourth-order valence-corrected chi connectivity index (χ4v) is 1.62. The maximum absolute atomic E-state index is 5.97. The first-order valence-corrected chi connectivity index (χ1v) is 6.48. The van der Waals surface area contributed by atoms with Crippen LogP contribution in [0.5, 0.6) is 17.8 Å². The minimum absolute atomic E-state index is 0.162. The highest BCUT2D eigenvalue weighted by atomic mass is 35.5. The molecular formula is C13H15ClN4O2. The van der Waals surface area contributed by atoms with Crippen LogP contribution in [0, 0.1) is 6.92 Å². The molecule has 0 amide bonds. The largest absolute Gasteiger partial charge is 0.467 e. The zero-order chi connectivity index (χ0) is 14.5. The summed E-state index contributed by atoms with van der Waals surface area (Å²) in [6, 6.07) is 5.67. The first-order valence-electron chi connectivity index (χ1n) is 6.10. The lowest BCUT2D eigenvalue weighted by Gasteiger charge is -2.08. The van der Waals surface area contributed by atoms with E-state index in [9.17, 15) is 0 Å². The first-order chi connectivity index (χ1) is 9.62. The van der Waals surface area contributed by atoms with Gasteiger partial charge in [-0.05, 0) is 37.6 Å². The Kier molecular flexibility index (Phi) is 4.57. The van der Waals surface area contributed by atoms with Crippen molar-refractivity contribution < 1.29 is 9.47 Å². The minimum Gasteiger partial charge on any atom is -0.467 e. The number of aryl methyl sites for hydroxylation is 1. The van der Waals surface area contributed by atoms with Gasteiger partial charge in [-0.15, -0.1) is 4.98 Å². The normalized spacial score (nSPS) is 10.2. The number of methoxy groups -OCH3 is 1. The molecule has 0 bridgehead atoms. The van der Waals surface area contributed by atoms with Crippen LogP contribution >= 0.6 is 11.6 Å². The summed E-state index contributed by atoms with van der Waals surface area (Å²) < 4.78 is 10.6. The molecule has 1 aromatic heterocycles. The van der Waals surface area contributed by atoms with Crippen molar-refractivity contribution in [1.82, 2.24) is 15.0 Å². The Bertz CT molecular complexity index is 607. The van der Waals surface area contributed by atoms with Gasteiger partial charge in [0.2, 0.25) is 5.95 Å². The van der Waals surface area contributed by atoms with Gasteiger partial charge in [0, 0.05) is 11.6 Å². The number of hydrogen-bond acceptors (Lipinski definition) is 6. The van der Waals surface area contributed by atoms with Gasteiger partial charge < -0.3 is 14.8 Å². The molecule has 106 valence electrons. The Labute approximate surface area is 122 Å². The third kappa shape index (κ3) is 3.48. The number of aromatic nitrogens is 3. The van der Waals surface area contributed by atoms with Gasteiger partial charge in [0.25, 0.3) is 0 Å². The summed E-state index contributed by atoms with van der Waals surface area (Å²) in [5, 5.41) is 3.67. The van der Waals surface area contributed by atoms with Crippen LogP contribution in [-0.2, 0) is 0 Å². The topological polar surface area (TPSA) is 69.2 Å². The Hall–Kier alpha value is -2.08. The molecule has 1 heterocycles. The van der Waals surface area contributed by atoms with Crippen LogP contribution in [0.1, 0.15) is 12.5 Å². The first kappa shape index (κ1) is 14.3. The Morgan fingerprint density at radius 3 is 2.60 bits per heavy atom. The molecule has 20 heavy (non-hydrogen) atoms. The molecule has 0 aliphatic heterocycles. The molecule has 1 N–H and O–H groups in total. The number of halogens is 1. The van der Waals surface area contributed by atoms with Gasteiger partial charge in [-0.3, -0.25) is 0 Å². The van der Waals surface area contributed by atoms with Crippen molar-refractivity contribution in [3.8, 4) is 17.8 Å². The van der Waals surface area contributed by atoms with Crippen molar-refractivity contribution in [2.75, 3.05) is 19.0 Å². The van der Waals surface area contributed by atoms with Crippen LogP contribution in [0.15, 0.2) is 18.2 Å². The summed E-state index contributed by atoms with van der Waals surface area (Å²) in [4.78, 5) is 12.3. The SMILES string of the molecule is CCNc1nc(OC)nc(Oc2ccc(Cl)c(C)c2)n1. The van der Waals surface area contributed by atoms with Gasteiger partial charge >= 0.3 is 12.0 Å². The lowest BCUT2D eigenvalue weighted by Crippen LogP contribution is -2.06. The number of rotatable bonds is 5. The maximum Gasteiger partial charge on any atom is 0.330 e. The summed E-state index contributed by atoms with van der Waals surface area (Å²) in [6.45, 7) is 4.53. The van der Waals surface area contributed by atoms with Crippen molar-refractivity contribution in [2.24, 2.45) is 0 Å². The van der Waals surface area contributed by atoms with Crippen molar-refractivity contribution >= 4 is 17.5 Å². The van der Waals surface area contributed by atoms with Crippen LogP contribution in [0.3, 0.4) is 0 Å². The van der Waals surface area contributed by atoms with E-state index in [0.29, 0.717) is 23.3 Å². The number of anilines is 1. The highest BCUT2D eigenvalue weighted by Gasteiger charge is 2.09. The van der Waals surface area contributed by atoms with Crippen LogP contribution in [-0.4, -0.2) is 28.6 Å². The quantitative estimate of drug-likeness (QED) is 0.914. The molecule has 0 aliphatic carbocycles. The predicted octanol–water partition coefficient (Wildman–Crippen LogP) is 3.07. The molecule has 0 fully saturated rings. The molecule has 0 unspecified atom stereocenters. The average Bonchev–Trinajstić information content (AvgIpc) is 2.43. The molecule has 7 heteroatoms. The van der Waals surface area contributed by atoms with Crippen molar-refractivity contribution in [3.05, 3.63) is 28.8 Å². The third-order valence-corrected chi connectivity index (χ3v) is 2.87. The van der Waals surface area contributed by atoms with Crippen molar-refractivity contribution in [1.29, 1.82) is 0 Å². The Balaban J connectivity index is 2.27. The van der Waals surface area contributed by atoms with Crippen LogP contribution < -0.4 is 14.8 Å². The molecule has 0 radical (unpaired) electrons. The molecule has 0 spiro atoms. The summed E-state index contributed by atoms with van der Waals surface area (Å²) in [6.07, 6.45) is 0. The number of ether oxygens (including phenoxy) is 2. The second-order valence-corrected chi connectivity index (χ2v) is 4.38. The molecule has 6 nitrogen and oxygen atoms in total. The number of hydrogen-bond donors (Lipinski definition) is 1. The third-order valence-electron chi connectivity index (χ3n) is 2.45. The second-order valence-electron chi connectivity index (χ2n) is 3.97. The predicted molar refractivity (Wildman–Crippen MR) is 76.8 cm³/mol. The lowest BCUT2D eigenvalue weighted by atomic mass is 10.2. The summed E-state index contributed by atoms with van der Waals surface area (Å²) >= 11 is 5.97. The van der Waals surface area contributed by atoms with Gasteiger partial charge in [-0.1, -0.05) is 11.6 Å². The molecule has 0 atom stereocenters. The Morgan fingerprint density at radius 2 is 1.95 bits per heavy atom. The average molecular weight is 295 g/mol. The van der Waals surface area contributed by atoms with Crippen molar-refractivity contribution in [3.63, 3.8) is 0 Å². The van der Waals surface area contributed by atoms with Gasteiger partial charge in [-0.25, -0.2) is 0 Å².